The number of aromatic nitrogens is 8. The van der Waals surface area contributed by atoms with Gasteiger partial charge in [-0.05, 0) is 12.2 Å². The number of hydrogen-bond donors (Lipinski definition) is 7. The van der Waals surface area contributed by atoms with Crippen molar-refractivity contribution < 1.29 is 42.4 Å². The third-order valence-corrected chi connectivity index (χ3v) is 9.73. The molecule has 2 fully saturated rings. The van der Waals surface area contributed by atoms with E-state index < -0.39 is 76.5 Å². The molecule has 6 rings (SSSR count). The highest BCUT2D eigenvalue weighted by atomic mass is 32.7. The number of imidazole rings is 2. The van der Waals surface area contributed by atoms with Gasteiger partial charge in [-0.15, -0.1) is 0 Å². The summed E-state index contributed by atoms with van der Waals surface area (Å²) >= 11 is 8.40. The monoisotopic (exact) mass is 718 g/mol. The van der Waals surface area contributed by atoms with Gasteiger partial charge in [0.25, 0.3) is 5.56 Å². The van der Waals surface area contributed by atoms with Crippen molar-refractivity contribution in [2.24, 2.45) is 5.92 Å². The van der Waals surface area contributed by atoms with Gasteiger partial charge in [0.15, 0.2) is 28.9 Å². The largest absolute Gasteiger partial charge is 0.390 e. The van der Waals surface area contributed by atoms with Crippen LogP contribution in [0, 0.1) is 5.92 Å². The van der Waals surface area contributed by atoms with Gasteiger partial charge in [0.2, 0.25) is 5.95 Å². The zero-order valence-corrected chi connectivity index (χ0v) is 27.0. The molecule has 2 saturated heterocycles. The molecule has 9 atom stereocenters. The number of ether oxygens (including phenoxy) is 2. The highest BCUT2D eigenvalue weighted by molar-refractivity contribution is 8.44. The Hall–Kier alpha value is -2.75. The van der Waals surface area contributed by atoms with Crippen molar-refractivity contribution in [1.82, 2.24) is 39.0 Å². The first-order chi connectivity index (χ1) is 22.0. The summed E-state index contributed by atoms with van der Waals surface area (Å²) in [7, 11) is -0.688. The van der Waals surface area contributed by atoms with Crippen LogP contribution in [-0.2, 0) is 32.2 Å². The zero-order valence-electron chi connectivity index (χ0n) is 23.4. The number of nitrogens with two attached hydrogens (primary N) is 2. The van der Waals surface area contributed by atoms with Gasteiger partial charge in [0.1, 0.15) is 42.5 Å². The number of rotatable bonds is 12. The molecule has 2 aliphatic heterocycles. The molecule has 2 aliphatic rings. The number of anilines is 2. The van der Waals surface area contributed by atoms with Crippen molar-refractivity contribution >= 4 is 74.5 Å². The minimum atomic E-state index is -4.31. The fourth-order valence-corrected chi connectivity index (χ4v) is 7.53. The van der Waals surface area contributed by atoms with Gasteiger partial charge in [-0.3, -0.25) is 32.5 Å². The van der Waals surface area contributed by atoms with Crippen molar-refractivity contribution in [3.05, 3.63) is 29.3 Å². The Bertz CT molecular complexity index is 1850. The van der Waals surface area contributed by atoms with Crippen molar-refractivity contribution in [2.45, 2.75) is 49.4 Å². The van der Waals surface area contributed by atoms with Crippen LogP contribution >= 0.6 is 40.4 Å². The summed E-state index contributed by atoms with van der Waals surface area (Å²) in [6, 6.07) is 0. The summed E-state index contributed by atoms with van der Waals surface area (Å²) in [5.41, 5.74) is 11.6. The summed E-state index contributed by atoms with van der Waals surface area (Å²) in [4.78, 5) is 35.1. The third kappa shape index (κ3) is 6.27. The average molecular weight is 719 g/mol. The van der Waals surface area contributed by atoms with E-state index in [1.165, 1.54) is 23.5 Å². The predicted molar refractivity (Wildman–Crippen MR) is 165 cm³/mol. The number of fused-ring (bicyclic) bond motifs is 2. The molecule has 0 radical (unpaired) electrons. The van der Waals surface area contributed by atoms with Crippen LogP contribution in [0.15, 0.2) is 23.8 Å². The van der Waals surface area contributed by atoms with Gasteiger partial charge in [-0.1, -0.05) is 12.2 Å². The molecule has 0 amide bonds. The first-order valence-electron chi connectivity index (χ1n) is 13.6. The highest BCUT2D eigenvalue weighted by Crippen LogP contribution is 2.57. The molecule has 0 bridgehead atoms. The second-order valence-electron chi connectivity index (χ2n) is 10.4. The molecule has 4 aromatic rings. The lowest BCUT2D eigenvalue weighted by Gasteiger charge is -2.24. The molecule has 0 saturated carbocycles. The molecule has 6 heterocycles. The Balaban J connectivity index is 1.18. The van der Waals surface area contributed by atoms with Gasteiger partial charge in [0, 0.05) is 5.92 Å². The first-order valence-corrected chi connectivity index (χ1v) is 17.6. The number of aliphatic hydroxyl groups is 2. The maximum Gasteiger partial charge on any atom is 0.386 e. The lowest BCUT2D eigenvalue weighted by molar-refractivity contribution is -0.0479. The van der Waals surface area contributed by atoms with E-state index in [0.717, 1.165) is 0 Å². The molecular formula is C22H28N10O10P2S2. The fourth-order valence-electron chi connectivity index (χ4n) is 5.53. The summed E-state index contributed by atoms with van der Waals surface area (Å²) in [6.07, 6.45) is -3.87. The molecular weight excluding hydrogens is 690 g/mol. The highest BCUT2D eigenvalue weighted by Gasteiger charge is 2.50. The summed E-state index contributed by atoms with van der Waals surface area (Å²) in [6.45, 7) is -5.12. The Morgan fingerprint density at radius 1 is 1.02 bits per heavy atom. The molecule has 0 aliphatic carbocycles. The number of H-pyrrole nitrogens is 1. The minimum Gasteiger partial charge on any atom is -0.390 e. The summed E-state index contributed by atoms with van der Waals surface area (Å²) in [5.74, 6) is -0.0943. The van der Waals surface area contributed by atoms with E-state index >= 15 is 0 Å². The third-order valence-electron chi connectivity index (χ3n) is 7.61. The van der Waals surface area contributed by atoms with E-state index in [4.69, 9.17) is 34.5 Å². The number of nitrogen functional groups attached to an aromatic ring is 2. The van der Waals surface area contributed by atoms with Crippen molar-refractivity contribution in [1.29, 1.82) is 0 Å². The molecule has 20 nitrogen and oxygen atoms in total. The van der Waals surface area contributed by atoms with Gasteiger partial charge >= 0.3 is 15.5 Å². The van der Waals surface area contributed by atoms with Gasteiger partial charge in [-0.2, -0.15) is 17.6 Å². The smallest absolute Gasteiger partial charge is 0.386 e. The van der Waals surface area contributed by atoms with Crippen LogP contribution in [-0.4, -0.2) is 98.7 Å². The Morgan fingerprint density at radius 2 is 1.74 bits per heavy atom. The lowest BCUT2D eigenvalue weighted by Crippen LogP contribution is -2.36. The van der Waals surface area contributed by atoms with Crippen LogP contribution in [0.25, 0.3) is 22.3 Å². The van der Waals surface area contributed by atoms with Gasteiger partial charge in [-0.25, -0.2) is 29.1 Å². The number of aliphatic hydroxyl groups excluding tert-OH is 2. The van der Waals surface area contributed by atoms with Crippen LogP contribution in [0.1, 0.15) is 18.9 Å². The number of nitrogens with zero attached hydrogens (tertiary/aromatic N) is 7. The Morgan fingerprint density at radius 3 is 2.48 bits per heavy atom. The quantitative estimate of drug-likeness (QED) is 0.0763. The maximum absolute atomic E-state index is 13.5. The second-order valence-corrected chi connectivity index (χ2v) is 14.1. The summed E-state index contributed by atoms with van der Waals surface area (Å²) < 4.78 is 55.5. The van der Waals surface area contributed by atoms with Crippen LogP contribution in [0.2, 0.25) is 0 Å². The molecule has 46 heavy (non-hydrogen) atoms. The number of thiol groups is 2. The molecule has 4 aromatic heterocycles. The first kappa shape index (κ1) is 33.2. The average Bonchev–Trinajstić information content (AvgIpc) is 3.77. The van der Waals surface area contributed by atoms with Crippen molar-refractivity contribution in [2.75, 3.05) is 30.4 Å². The predicted octanol–water partition coefficient (Wildman–Crippen LogP) is 0.240. The van der Waals surface area contributed by atoms with Gasteiger partial charge in [0.05, 0.1) is 32.0 Å². The van der Waals surface area contributed by atoms with Crippen molar-refractivity contribution in [3.8, 4) is 0 Å². The molecule has 0 aromatic carbocycles. The minimum absolute atomic E-state index is 0.00427. The van der Waals surface area contributed by atoms with Crippen LogP contribution in [0.5, 0.6) is 0 Å². The van der Waals surface area contributed by atoms with E-state index in [9.17, 15) is 24.1 Å². The number of hydrogen-bond acceptors (Lipinski definition) is 18. The maximum atomic E-state index is 13.5. The Kier molecular flexibility index (Phi) is 9.66. The van der Waals surface area contributed by atoms with E-state index in [-0.39, 0.29) is 29.5 Å². The SMILES string of the molecule is Nc1nc2c(ncn2[C@@H]2O[C@H](COP=O)[C@@H](OP(=O)(S)OC[C@H]3O[C@@H](n4cnc5c(N)ncnc54)[C@H](CCS)[C@@H]3O)[C@H]2O)c(=O)[nH]1. The van der Waals surface area contributed by atoms with Crippen LogP contribution in [0.4, 0.5) is 11.8 Å². The lowest BCUT2D eigenvalue weighted by atomic mass is 9.97. The zero-order chi connectivity index (χ0) is 32.7. The topological polar surface area (TPSA) is 280 Å². The van der Waals surface area contributed by atoms with E-state index in [2.05, 4.69) is 54.8 Å². The molecule has 1 unspecified atom stereocenters. The normalized spacial score (nSPS) is 29.7. The van der Waals surface area contributed by atoms with Crippen LogP contribution < -0.4 is 17.0 Å². The summed E-state index contributed by atoms with van der Waals surface area (Å²) in [5, 5.41) is 22.4. The van der Waals surface area contributed by atoms with E-state index in [1.54, 1.807) is 4.57 Å². The fraction of sp³-hybridized carbons (Fsp3) is 0.545. The number of nitrogens with one attached hydrogen (secondary N) is 1. The van der Waals surface area contributed by atoms with E-state index in [0.29, 0.717) is 23.3 Å². The molecule has 0 spiro atoms. The van der Waals surface area contributed by atoms with Crippen LogP contribution in [0.3, 0.4) is 0 Å². The standard InChI is InChI=1S/C22H28N10O10P2S2/c23-16-11-17(26-5-25-16)31(6-27-11)20-8(1-2-45)13(33)9(40-20)4-39-44(37,46)42-15-10(3-38-43-36)41-21(14(15)34)32-7-28-12-18(32)29-22(24)30-19(12)35/h5-10,13-15,20-21,33-34,45H,1-4H2,(H,37,46)(H2,23,25,26)(H3,24,29,30,35)/t8-,9-,10-,13+,14-,15-,20-,21-,44?/m1/s1. The molecule has 7 N–H and O–H groups in total. The van der Waals surface area contributed by atoms with Gasteiger partial charge < -0.3 is 31.2 Å². The van der Waals surface area contributed by atoms with E-state index in [1.807, 2.05) is 0 Å². The Labute approximate surface area is 270 Å². The van der Waals surface area contributed by atoms with Crippen molar-refractivity contribution in [3.63, 3.8) is 0 Å². The second kappa shape index (κ2) is 13.4. The number of aromatic amines is 1. The molecule has 248 valence electrons. The molecule has 24 heteroatoms.